The van der Waals surface area contributed by atoms with E-state index in [0.717, 1.165) is 11.4 Å². The molecule has 3 aromatic carbocycles. The van der Waals surface area contributed by atoms with Gasteiger partial charge in [-0.05, 0) is 49.4 Å². The molecule has 0 atom stereocenters. The van der Waals surface area contributed by atoms with Crippen LogP contribution in [-0.4, -0.2) is 6.03 Å². The molecule has 3 rings (SSSR count). The predicted molar refractivity (Wildman–Crippen MR) is 105 cm³/mol. The first kappa shape index (κ1) is 16.9. The zero-order valence-electron chi connectivity index (χ0n) is 13.7. The number of amides is 2. The summed E-state index contributed by atoms with van der Waals surface area (Å²) in [5.41, 5.74) is 4.28. The van der Waals surface area contributed by atoms with Gasteiger partial charge in [-0.1, -0.05) is 47.5 Å². The minimum absolute atomic E-state index is 0.333. The zero-order chi connectivity index (χ0) is 17.6. The van der Waals surface area contributed by atoms with Crippen LogP contribution >= 0.6 is 11.6 Å². The van der Waals surface area contributed by atoms with Gasteiger partial charge < -0.3 is 16.0 Å². The average Bonchev–Trinajstić information content (AvgIpc) is 2.58. The summed E-state index contributed by atoms with van der Waals surface area (Å²) in [6.45, 7) is 2.04. The molecule has 5 heteroatoms. The van der Waals surface area contributed by atoms with E-state index in [1.807, 2.05) is 55.5 Å². The van der Waals surface area contributed by atoms with Gasteiger partial charge in [0.05, 0.1) is 11.4 Å². The Morgan fingerprint density at radius 1 is 0.800 bits per heavy atom. The predicted octanol–water partition coefficient (Wildman–Crippen LogP) is 6.04. The van der Waals surface area contributed by atoms with Crippen LogP contribution in [0.1, 0.15) is 5.56 Å². The molecule has 3 aromatic rings. The molecule has 0 radical (unpaired) electrons. The summed E-state index contributed by atoms with van der Waals surface area (Å²) in [5, 5.41) is 9.51. The summed E-state index contributed by atoms with van der Waals surface area (Å²) in [6, 6.07) is 22.3. The molecule has 0 aliphatic heterocycles. The third kappa shape index (κ3) is 4.75. The van der Waals surface area contributed by atoms with Crippen molar-refractivity contribution < 1.29 is 4.79 Å². The van der Waals surface area contributed by atoms with E-state index in [1.165, 1.54) is 5.56 Å². The van der Waals surface area contributed by atoms with Crippen LogP contribution in [0.4, 0.5) is 27.5 Å². The highest BCUT2D eigenvalue weighted by Crippen LogP contribution is 2.25. The molecular weight excluding hydrogens is 334 g/mol. The van der Waals surface area contributed by atoms with Gasteiger partial charge in [0.1, 0.15) is 0 Å². The minimum atomic E-state index is -0.333. The highest BCUT2D eigenvalue weighted by molar-refractivity contribution is 6.30. The van der Waals surface area contributed by atoms with Gasteiger partial charge in [0, 0.05) is 16.4 Å². The Labute approximate surface area is 151 Å². The fourth-order valence-corrected chi connectivity index (χ4v) is 2.53. The molecule has 0 heterocycles. The van der Waals surface area contributed by atoms with E-state index in [2.05, 4.69) is 16.0 Å². The molecule has 0 aliphatic rings. The van der Waals surface area contributed by atoms with Gasteiger partial charge in [0.2, 0.25) is 0 Å². The second kappa shape index (κ2) is 7.73. The van der Waals surface area contributed by atoms with Crippen LogP contribution in [0.2, 0.25) is 5.02 Å². The third-order valence-corrected chi connectivity index (χ3v) is 3.82. The standard InChI is InChI=1S/C20H18ClN3O/c1-14-9-11-16(12-10-14)22-18-7-2-3-8-19(18)24-20(25)23-17-6-4-5-15(21)13-17/h2-13,22H,1H3,(H2,23,24,25). The number of anilines is 4. The first-order valence-electron chi connectivity index (χ1n) is 7.86. The number of nitrogens with one attached hydrogen (secondary N) is 3. The van der Waals surface area contributed by atoms with Crippen molar-refractivity contribution >= 4 is 40.4 Å². The maximum atomic E-state index is 12.2. The summed E-state index contributed by atoms with van der Waals surface area (Å²) in [7, 11) is 0. The third-order valence-electron chi connectivity index (χ3n) is 3.59. The van der Waals surface area contributed by atoms with Gasteiger partial charge >= 0.3 is 6.03 Å². The van der Waals surface area contributed by atoms with Crippen LogP contribution in [0, 0.1) is 6.92 Å². The van der Waals surface area contributed by atoms with Gasteiger partial charge in [0.25, 0.3) is 0 Å². The van der Waals surface area contributed by atoms with Crippen molar-refractivity contribution in [3.8, 4) is 0 Å². The van der Waals surface area contributed by atoms with E-state index in [9.17, 15) is 4.79 Å². The number of hydrogen-bond acceptors (Lipinski definition) is 2. The molecule has 0 unspecified atom stereocenters. The molecule has 0 bridgehead atoms. The molecule has 0 saturated heterocycles. The Morgan fingerprint density at radius 2 is 1.52 bits per heavy atom. The van der Waals surface area contributed by atoms with Crippen LogP contribution < -0.4 is 16.0 Å². The summed E-state index contributed by atoms with van der Waals surface area (Å²) in [4.78, 5) is 12.2. The topological polar surface area (TPSA) is 53.2 Å². The number of aryl methyl sites for hydroxylation is 1. The molecule has 0 saturated carbocycles. The first-order chi connectivity index (χ1) is 12.1. The summed E-state index contributed by atoms with van der Waals surface area (Å²) < 4.78 is 0. The number of carbonyl (C=O) groups is 1. The summed E-state index contributed by atoms with van der Waals surface area (Å²) >= 11 is 5.93. The molecule has 25 heavy (non-hydrogen) atoms. The molecule has 0 aliphatic carbocycles. The Hall–Kier alpha value is -2.98. The Bertz CT molecular complexity index is 878. The van der Waals surface area contributed by atoms with Gasteiger partial charge in [-0.3, -0.25) is 0 Å². The molecule has 4 nitrogen and oxygen atoms in total. The maximum absolute atomic E-state index is 12.2. The minimum Gasteiger partial charge on any atom is -0.354 e. The molecule has 126 valence electrons. The lowest BCUT2D eigenvalue weighted by molar-refractivity contribution is 0.262. The zero-order valence-corrected chi connectivity index (χ0v) is 14.5. The fraction of sp³-hybridized carbons (Fsp3) is 0.0500. The van der Waals surface area contributed by atoms with Crippen molar-refractivity contribution in [3.05, 3.63) is 83.4 Å². The van der Waals surface area contributed by atoms with Crippen LogP contribution in [0.5, 0.6) is 0 Å². The molecule has 0 aromatic heterocycles. The number of halogens is 1. The summed E-state index contributed by atoms with van der Waals surface area (Å²) in [5.74, 6) is 0. The van der Waals surface area contributed by atoms with E-state index < -0.39 is 0 Å². The second-order valence-corrected chi connectivity index (χ2v) is 6.06. The number of carbonyl (C=O) groups excluding carboxylic acids is 1. The largest absolute Gasteiger partial charge is 0.354 e. The number of hydrogen-bond donors (Lipinski definition) is 3. The van der Waals surface area contributed by atoms with Gasteiger partial charge in [-0.25, -0.2) is 4.79 Å². The smallest absolute Gasteiger partial charge is 0.323 e. The van der Waals surface area contributed by atoms with Crippen LogP contribution in [0.15, 0.2) is 72.8 Å². The van der Waals surface area contributed by atoms with Crippen LogP contribution in [-0.2, 0) is 0 Å². The second-order valence-electron chi connectivity index (χ2n) is 5.63. The number of rotatable bonds is 4. The molecule has 2 amide bonds. The van der Waals surface area contributed by atoms with Crippen molar-refractivity contribution in [2.24, 2.45) is 0 Å². The van der Waals surface area contributed by atoms with Gasteiger partial charge in [0.15, 0.2) is 0 Å². The van der Waals surface area contributed by atoms with Crippen molar-refractivity contribution in [1.82, 2.24) is 0 Å². The SMILES string of the molecule is Cc1ccc(Nc2ccccc2NC(=O)Nc2cccc(Cl)c2)cc1. The lowest BCUT2D eigenvalue weighted by atomic mass is 10.2. The van der Waals surface area contributed by atoms with Crippen molar-refractivity contribution in [1.29, 1.82) is 0 Å². The lowest BCUT2D eigenvalue weighted by Gasteiger charge is -2.14. The van der Waals surface area contributed by atoms with E-state index in [-0.39, 0.29) is 6.03 Å². The highest BCUT2D eigenvalue weighted by Gasteiger charge is 2.07. The van der Waals surface area contributed by atoms with Gasteiger partial charge in [-0.15, -0.1) is 0 Å². The van der Waals surface area contributed by atoms with E-state index in [1.54, 1.807) is 24.3 Å². The molecule has 0 spiro atoms. The fourth-order valence-electron chi connectivity index (χ4n) is 2.34. The van der Waals surface area contributed by atoms with E-state index in [4.69, 9.17) is 11.6 Å². The van der Waals surface area contributed by atoms with Crippen LogP contribution in [0.25, 0.3) is 0 Å². The van der Waals surface area contributed by atoms with Crippen LogP contribution in [0.3, 0.4) is 0 Å². The highest BCUT2D eigenvalue weighted by atomic mass is 35.5. The Balaban J connectivity index is 1.72. The van der Waals surface area contributed by atoms with Crippen molar-refractivity contribution in [3.63, 3.8) is 0 Å². The normalized spacial score (nSPS) is 10.2. The molecular formula is C20H18ClN3O. The first-order valence-corrected chi connectivity index (χ1v) is 8.24. The number of benzene rings is 3. The number of urea groups is 1. The monoisotopic (exact) mass is 351 g/mol. The Kier molecular flexibility index (Phi) is 5.21. The Morgan fingerprint density at radius 3 is 2.24 bits per heavy atom. The molecule has 0 fully saturated rings. The number of para-hydroxylation sites is 2. The maximum Gasteiger partial charge on any atom is 0.323 e. The quantitative estimate of drug-likeness (QED) is 0.537. The van der Waals surface area contributed by atoms with E-state index in [0.29, 0.717) is 16.4 Å². The van der Waals surface area contributed by atoms with Gasteiger partial charge in [-0.2, -0.15) is 0 Å². The van der Waals surface area contributed by atoms with Crippen molar-refractivity contribution in [2.75, 3.05) is 16.0 Å². The van der Waals surface area contributed by atoms with E-state index >= 15 is 0 Å². The lowest BCUT2D eigenvalue weighted by Crippen LogP contribution is -2.20. The van der Waals surface area contributed by atoms with Crippen molar-refractivity contribution in [2.45, 2.75) is 6.92 Å². The average molecular weight is 352 g/mol. The molecule has 3 N–H and O–H groups in total. The summed E-state index contributed by atoms with van der Waals surface area (Å²) in [6.07, 6.45) is 0.